The number of hydrogen-bond acceptors (Lipinski definition) is 2. The van der Waals surface area contributed by atoms with E-state index in [-0.39, 0.29) is 17.8 Å². The van der Waals surface area contributed by atoms with Crippen LogP contribution in [0.2, 0.25) is 0 Å². The molecule has 0 bridgehead atoms. The molecule has 3 nitrogen and oxygen atoms in total. The van der Waals surface area contributed by atoms with Crippen LogP contribution in [-0.4, -0.2) is 11.7 Å². The molecule has 0 amide bonds. The highest BCUT2D eigenvalue weighted by molar-refractivity contribution is 6.20. The maximum absolute atomic E-state index is 8.66. The van der Waals surface area contributed by atoms with E-state index in [1.807, 2.05) is 12.1 Å². The molecular weight excluding hydrogens is 354 g/mol. The zero-order chi connectivity index (χ0) is 19.8. The van der Waals surface area contributed by atoms with Crippen LogP contribution in [0, 0.1) is 5.41 Å². The van der Waals surface area contributed by atoms with Gasteiger partial charge in [-0.3, -0.25) is 5.41 Å². The molecule has 3 aromatic rings. The fourth-order valence-electron chi connectivity index (χ4n) is 4.97. The van der Waals surface area contributed by atoms with Crippen molar-refractivity contribution in [3.05, 3.63) is 119 Å². The summed E-state index contributed by atoms with van der Waals surface area (Å²) in [5.74, 6) is 1.29. The highest BCUT2D eigenvalue weighted by Gasteiger charge is 2.44. The van der Waals surface area contributed by atoms with Crippen LogP contribution in [0.5, 0.6) is 0 Å². The second kappa shape index (κ2) is 7.17. The molecule has 1 aliphatic carbocycles. The lowest BCUT2D eigenvalue weighted by atomic mass is 9.64. The smallest absolute Gasteiger partial charge is 0.151 e. The van der Waals surface area contributed by atoms with Crippen LogP contribution < -0.4 is 5.73 Å². The quantitative estimate of drug-likeness (QED) is 0.632. The van der Waals surface area contributed by atoms with Crippen molar-refractivity contribution in [3.8, 4) is 0 Å². The van der Waals surface area contributed by atoms with E-state index in [0.29, 0.717) is 11.7 Å². The molecule has 0 saturated heterocycles. The monoisotopic (exact) mass is 377 g/mol. The Morgan fingerprint density at radius 3 is 1.79 bits per heavy atom. The summed E-state index contributed by atoms with van der Waals surface area (Å²) in [6, 6.07) is 31.7. The van der Waals surface area contributed by atoms with Gasteiger partial charge in [0.05, 0.1) is 0 Å². The number of nitrogens with one attached hydrogen (secondary N) is 1. The topological polar surface area (TPSA) is 62.2 Å². The Bertz CT molecular complexity index is 1100. The van der Waals surface area contributed by atoms with Crippen LogP contribution in [0.25, 0.3) is 0 Å². The van der Waals surface area contributed by atoms with Gasteiger partial charge < -0.3 is 5.73 Å². The number of nitrogens with zero attached hydrogens (tertiary/aromatic N) is 1. The number of nitrogens with two attached hydrogens (primary N) is 1. The first kappa shape index (κ1) is 17.6. The van der Waals surface area contributed by atoms with Gasteiger partial charge in [0, 0.05) is 23.0 Å². The Labute approximate surface area is 171 Å². The normalized spacial score (nSPS) is 23.7. The van der Waals surface area contributed by atoms with Crippen LogP contribution in [0.3, 0.4) is 0 Å². The van der Waals surface area contributed by atoms with Gasteiger partial charge in [-0.2, -0.15) is 0 Å². The zero-order valence-corrected chi connectivity index (χ0v) is 16.1. The molecule has 5 rings (SSSR count). The third-order valence-electron chi connectivity index (χ3n) is 6.19. The van der Waals surface area contributed by atoms with Crippen molar-refractivity contribution in [2.45, 2.75) is 24.2 Å². The van der Waals surface area contributed by atoms with Crippen LogP contribution in [-0.2, 0) is 0 Å². The summed E-state index contributed by atoms with van der Waals surface area (Å²) in [5, 5.41) is 8.66. The van der Waals surface area contributed by atoms with Crippen molar-refractivity contribution in [3.63, 3.8) is 0 Å². The van der Waals surface area contributed by atoms with Crippen LogP contribution in [0.1, 0.15) is 40.9 Å². The first-order chi connectivity index (χ1) is 14.2. The molecule has 1 aliphatic heterocycles. The maximum atomic E-state index is 8.66. The molecule has 3 aromatic carbocycles. The minimum absolute atomic E-state index is 0.0749. The Balaban J connectivity index is 1.74. The molecule has 3 unspecified atom stereocenters. The van der Waals surface area contributed by atoms with Gasteiger partial charge >= 0.3 is 0 Å². The van der Waals surface area contributed by atoms with Gasteiger partial charge in [-0.05, 0) is 29.0 Å². The van der Waals surface area contributed by atoms with Gasteiger partial charge in [-0.15, -0.1) is 0 Å². The van der Waals surface area contributed by atoms with Crippen molar-refractivity contribution in [2.75, 3.05) is 0 Å². The Hall–Kier alpha value is -3.46. The van der Waals surface area contributed by atoms with E-state index in [2.05, 4.69) is 83.9 Å². The highest BCUT2D eigenvalue weighted by atomic mass is 15.0. The fourth-order valence-corrected chi connectivity index (χ4v) is 4.97. The van der Waals surface area contributed by atoms with Crippen molar-refractivity contribution in [1.82, 2.24) is 0 Å². The van der Waals surface area contributed by atoms with Crippen LogP contribution >= 0.6 is 0 Å². The van der Waals surface area contributed by atoms with E-state index >= 15 is 0 Å². The van der Waals surface area contributed by atoms with Gasteiger partial charge in [-0.1, -0.05) is 91.0 Å². The molecule has 142 valence electrons. The maximum Gasteiger partial charge on any atom is 0.151 e. The summed E-state index contributed by atoms with van der Waals surface area (Å²) >= 11 is 0. The van der Waals surface area contributed by atoms with Gasteiger partial charge in [-0.25, -0.2) is 4.99 Å². The average Bonchev–Trinajstić information content (AvgIpc) is 3.08. The SMILES string of the molecule is N=C1N=C(N)C2=C1C(c1ccccc1)C(c1ccccc1)CC2c1ccccc1. The summed E-state index contributed by atoms with van der Waals surface area (Å²) in [6.45, 7) is 0. The van der Waals surface area contributed by atoms with Gasteiger partial charge in [0.2, 0.25) is 0 Å². The van der Waals surface area contributed by atoms with Crippen LogP contribution in [0.4, 0.5) is 0 Å². The third kappa shape index (κ3) is 2.99. The average molecular weight is 377 g/mol. The van der Waals surface area contributed by atoms with Gasteiger partial charge in [0.25, 0.3) is 0 Å². The zero-order valence-electron chi connectivity index (χ0n) is 16.1. The van der Waals surface area contributed by atoms with Crippen molar-refractivity contribution >= 4 is 11.7 Å². The van der Waals surface area contributed by atoms with E-state index in [0.717, 1.165) is 17.6 Å². The van der Waals surface area contributed by atoms with Crippen molar-refractivity contribution in [1.29, 1.82) is 5.41 Å². The predicted octanol–water partition coefficient (Wildman–Crippen LogP) is 5.39. The molecular formula is C26H23N3. The molecule has 0 saturated carbocycles. The molecule has 0 fully saturated rings. The van der Waals surface area contributed by atoms with Gasteiger partial charge in [0.1, 0.15) is 5.84 Å². The largest absolute Gasteiger partial charge is 0.383 e. The number of aliphatic imine (C=N–C) groups is 1. The first-order valence-electron chi connectivity index (χ1n) is 10.1. The van der Waals surface area contributed by atoms with E-state index in [1.165, 1.54) is 16.7 Å². The Morgan fingerprint density at radius 1 is 0.690 bits per heavy atom. The van der Waals surface area contributed by atoms with Crippen molar-refractivity contribution in [2.24, 2.45) is 10.7 Å². The lowest BCUT2D eigenvalue weighted by molar-refractivity contribution is 0.498. The molecule has 3 atom stereocenters. The number of amidine groups is 2. The summed E-state index contributed by atoms with van der Waals surface area (Å²) in [5.41, 5.74) is 12.2. The Kier molecular flexibility index (Phi) is 4.36. The molecule has 2 aliphatic rings. The van der Waals surface area contributed by atoms with E-state index in [9.17, 15) is 0 Å². The molecule has 29 heavy (non-hydrogen) atoms. The lowest BCUT2D eigenvalue weighted by Gasteiger charge is -2.38. The van der Waals surface area contributed by atoms with Gasteiger partial charge in [0.15, 0.2) is 5.84 Å². The molecule has 3 heteroatoms. The third-order valence-corrected chi connectivity index (χ3v) is 6.19. The summed E-state index contributed by atoms with van der Waals surface area (Å²) in [4.78, 5) is 4.42. The van der Waals surface area contributed by atoms with Crippen LogP contribution in [0.15, 0.2) is 107 Å². The summed E-state index contributed by atoms with van der Waals surface area (Å²) < 4.78 is 0. The second-order valence-electron chi connectivity index (χ2n) is 7.78. The minimum Gasteiger partial charge on any atom is -0.383 e. The van der Waals surface area contributed by atoms with E-state index in [1.54, 1.807) is 0 Å². The van der Waals surface area contributed by atoms with E-state index < -0.39 is 0 Å². The second-order valence-corrected chi connectivity index (χ2v) is 7.78. The van der Waals surface area contributed by atoms with Crippen molar-refractivity contribution < 1.29 is 0 Å². The number of benzene rings is 3. The highest BCUT2D eigenvalue weighted by Crippen LogP contribution is 2.53. The Morgan fingerprint density at radius 2 is 1.21 bits per heavy atom. The standard InChI is InChI=1S/C26H23N3/c27-25-23-21(18-12-6-2-7-13-18)16-20(17-10-4-1-5-11-17)22(24(23)26(28)29-25)19-14-8-3-9-15-19/h1-15,20-22H,16H2,(H3,27,28,29). The fraction of sp³-hybridized carbons (Fsp3) is 0.154. The molecule has 1 heterocycles. The summed E-state index contributed by atoms with van der Waals surface area (Å²) in [6.07, 6.45) is 0.940. The number of rotatable bonds is 3. The first-order valence-corrected chi connectivity index (χ1v) is 10.1. The lowest BCUT2D eigenvalue weighted by Crippen LogP contribution is -2.29. The summed E-state index contributed by atoms with van der Waals surface area (Å²) in [7, 11) is 0. The minimum atomic E-state index is 0.0749. The molecule has 0 spiro atoms. The predicted molar refractivity (Wildman–Crippen MR) is 119 cm³/mol. The molecule has 0 radical (unpaired) electrons. The molecule has 0 aromatic heterocycles. The van der Waals surface area contributed by atoms with E-state index in [4.69, 9.17) is 11.1 Å². The number of hydrogen-bond donors (Lipinski definition) is 2. The molecule has 3 N–H and O–H groups in total.